The van der Waals surface area contributed by atoms with Gasteiger partial charge in [0.15, 0.2) is 0 Å². The van der Waals surface area contributed by atoms with E-state index in [-0.39, 0.29) is 17.9 Å². The molecule has 1 aliphatic carbocycles. The fraction of sp³-hybridized carbons (Fsp3) is 0.929. The van der Waals surface area contributed by atoms with E-state index in [0.717, 1.165) is 19.3 Å². The predicted octanol–water partition coefficient (Wildman–Crippen LogP) is 2.44. The van der Waals surface area contributed by atoms with Gasteiger partial charge < -0.3 is 11.1 Å². The number of carbonyl (C=O) groups is 1. The Kier molecular flexibility index (Phi) is 5.96. The van der Waals surface area contributed by atoms with E-state index in [4.69, 9.17) is 5.73 Å². The van der Waals surface area contributed by atoms with E-state index in [0.29, 0.717) is 12.0 Å². The smallest absolute Gasteiger partial charge is 0.237 e. The zero-order chi connectivity index (χ0) is 12.8. The first-order valence-electron chi connectivity index (χ1n) is 7.16. The van der Waals surface area contributed by atoms with Crippen LogP contribution in [0.4, 0.5) is 0 Å². The van der Waals surface area contributed by atoms with Gasteiger partial charge >= 0.3 is 0 Å². The van der Waals surface area contributed by atoms with Crippen LogP contribution in [0, 0.1) is 11.8 Å². The number of carbonyl (C=O) groups excluding carboxylic acids is 1. The topological polar surface area (TPSA) is 55.1 Å². The maximum Gasteiger partial charge on any atom is 0.237 e. The number of nitrogens with two attached hydrogens (primary N) is 1. The van der Waals surface area contributed by atoms with Gasteiger partial charge in [0.2, 0.25) is 5.91 Å². The van der Waals surface area contributed by atoms with Crippen LogP contribution in [0.2, 0.25) is 0 Å². The van der Waals surface area contributed by atoms with E-state index in [1.54, 1.807) is 0 Å². The van der Waals surface area contributed by atoms with Gasteiger partial charge in [-0.1, -0.05) is 46.5 Å². The van der Waals surface area contributed by atoms with Crippen molar-refractivity contribution < 1.29 is 4.79 Å². The molecular weight excluding hydrogens is 212 g/mol. The van der Waals surface area contributed by atoms with Gasteiger partial charge in [0.1, 0.15) is 0 Å². The second-order valence-electron chi connectivity index (χ2n) is 5.48. The minimum Gasteiger partial charge on any atom is -0.352 e. The largest absolute Gasteiger partial charge is 0.352 e. The summed E-state index contributed by atoms with van der Waals surface area (Å²) in [4.78, 5) is 12.0. The molecule has 1 fully saturated rings. The Bertz CT molecular complexity index is 242. The van der Waals surface area contributed by atoms with Crippen molar-refractivity contribution in [3.63, 3.8) is 0 Å². The highest BCUT2D eigenvalue weighted by molar-refractivity contribution is 5.82. The van der Waals surface area contributed by atoms with Gasteiger partial charge in [-0.2, -0.15) is 0 Å². The van der Waals surface area contributed by atoms with Crippen molar-refractivity contribution in [2.45, 2.75) is 71.4 Å². The van der Waals surface area contributed by atoms with Crippen LogP contribution in [0.25, 0.3) is 0 Å². The molecule has 0 bridgehead atoms. The van der Waals surface area contributed by atoms with Gasteiger partial charge in [-0.3, -0.25) is 4.79 Å². The molecule has 1 aliphatic rings. The molecule has 0 aromatic heterocycles. The zero-order valence-corrected chi connectivity index (χ0v) is 11.5. The van der Waals surface area contributed by atoms with Crippen molar-refractivity contribution in [1.82, 2.24) is 5.32 Å². The highest BCUT2D eigenvalue weighted by Gasteiger charge is 2.28. The highest BCUT2D eigenvalue weighted by atomic mass is 16.2. The summed E-state index contributed by atoms with van der Waals surface area (Å²) in [5, 5.41) is 3.17. The maximum atomic E-state index is 12.0. The van der Waals surface area contributed by atoms with Crippen LogP contribution in [0.15, 0.2) is 0 Å². The van der Waals surface area contributed by atoms with Crippen molar-refractivity contribution in [2.75, 3.05) is 0 Å². The molecule has 0 spiro atoms. The molecule has 0 aromatic carbocycles. The Labute approximate surface area is 106 Å². The van der Waals surface area contributed by atoms with Crippen molar-refractivity contribution in [2.24, 2.45) is 17.6 Å². The summed E-state index contributed by atoms with van der Waals surface area (Å²) in [6.45, 7) is 6.33. The monoisotopic (exact) mass is 240 g/mol. The predicted molar refractivity (Wildman–Crippen MR) is 71.6 cm³/mol. The van der Waals surface area contributed by atoms with Gasteiger partial charge in [0.25, 0.3) is 0 Å². The molecule has 1 saturated carbocycles. The van der Waals surface area contributed by atoms with Crippen LogP contribution in [-0.4, -0.2) is 18.0 Å². The Morgan fingerprint density at radius 3 is 2.59 bits per heavy atom. The Morgan fingerprint density at radius 2 is 2.00 bits per heavy atom. The average Bonchev–Trinajstić information content (AvgIpc) is 2.37. The number of amides is 1. The van der Waals surface area contributed by atoms with E-state index in [2.05, 4.69) is 19.2 Å². The molecule has 1 amide bonds. The molecule has 100 valence electrons. The molecule has 3 nitrogen and oxygen atoms in total. The second-order valence-corrected chi connectivity index (χ2v) is 5.48. The molecule has 0 saturated heterocycles. The van der Waals surface area contributed by atoms with Crippen LogP contribution in [-0.2, 0) is 4.79 Å². The first kappa shape index (κ1) is 14.5. The Balaban J connectivity index is 2.48. The van der Waals surface area contributed by atoms with E-state index < -0.39 is 0 Å². The summed E-state index contributed by atoms with van der Waals surface area (Å²) in [6.07, 6.45) is 7.03. The molecule has 1 rings (SSSR count). The molecule has 3 N–H and O–H groups in total. The minimum absolute atomic E-state index is 0.0460. The molecule has 3 unspecified atom stereocenters. The fourth-order valence-corrected chi connectivity index (χ4v) is 2.68. The lowest BCUT2D eigenvalue weighted by molar-refractivity contribution is -0.124. The first-order valence-corrected chi connectivity index (χ1v) is 7.16. The summed E-state index contributed by atoms with van der Waals surface area (Å²) in [5.41, 5.74) is 5.96. The lowest BCUT2D eigenvalue weighted by atomic mass is 9.82. The van der Waals surface area contributed by atoms with E-state index in [9.17, 15) is 4.79 Å². The zero-order valence-electron chi connectivity index (χ0n) is 11.5. The SMILES string of the molecule is CCC1CCCCC1NC(=O)[C@@H](N)C(C)CC. The summed E-state index contributed by atoms with van der Waals surface area (Å²) in [5.74, 6) is 0.959. The maximum absolute atomic E-state index is 12.0. The third kappa shape index (κ3) is 3.98. The standard InChI is InChI=1S/C14H28N2O/c1-4-10(3)13(15)14(17)16-12-9-7-6-8-11(12)5-2/h10-13H,4-9,15H2,1-3H3,(H,16,17)/t10?,11?,12?,13-/m0/s1. The van der Waals surface area contributed by atoms with Gasteiger partial charge in [-0.05, 0) is 24.7 Å². The molecule has 17 heavy (non-hydrogen) atoms. The molecule has 0 radical (unpaired) electrons. The van der Waals surface area contributed by atoms with Gasteiger partial charge in [0.05, 0.1) is 6.04 Å². The summed E-state index contributed by atoms with van der Waals surface area (Å²) in [7, 11) is 0. The van der Waals surface area contributed by atoms with Crippen LogP contribution >= 0.6 is 0 Å². The van der Waals surface area contributed by atoms with Crippen molar-refractivity contribution in [3.05, 3.63) is 0 Å². The number of hydrogen-bond acceptors (Lipinski definition) is 2. The summed E-state index contributed by atoms with van der Waals surface area (Å²) >= 11 is 0. The van der Waals surface area contributed by atoms with E-state index in [1.807, 2.05) is 6.92 Å². The number of nitrogens with one attached hydrogen (secondary N) is 1. The molecule has 3 heteroatoms. The van der Waals surface area contributed by atoms with Crippen molar-refractivity contribution >= 4 is 5.91 Å². The quantitative estimate of drug-likeness (QED) is 0.775. The summed E-state index contributed by atoms with van der Waals surface area (Å²) in [6, 6.07) is 0.00999. The third-order valence-corrected chi connectivity index (χ3v) is 4.32. The highest BCUT2D eigenvalue weighted by Crippen LogP contribution is 2.26. The molecule has 0 heterocycles. The average molecular weight is 240 g/mol. The molecule has 0 aromatic rings. The lowest BCUT2D eigenvalue weighted by Gasteiger charge is -2.32. The van der Waals surface area contributed by atoms with Crippen LogP contribution in [0.3, 0.4) is 0 Å². The van der Waals surface area contributed by atoms with Crippen molar-refractivity contribution in [3.8, 4) is 0 Å². The number of hydrogen-bond donors (Lipinski definition) is 2. The lowest BCUT2D eigenvalue weighted by Crippen LogP contribution is -2.51. The minimum atomic E-state index is -0.348. The molecular formula is C14H28N2O. The number of rotatable bonds is 5. The van der Waals surface area contributed by atoms with Crippen LogP contribution in [0.5, 0.6) is 0 Å². The second kappa shape index (κ2) is 7.00. The van der Waals surface area contributed by atoms with Crippen molar-refractivity contribution in [1.29, 1.82) is 0 Å². The molecule has 4 atom stereocenters. The van der Waals surface area contributed by atoms with Crippen LogP contribution < -0.4 is 11.1 Å². The molecule has 0 aliphatic heterocycles. The van der Waals surface area contributed by atoms with E-state index >= 15 is 0 Å². The third-order valence-electron chi connectivity index (χ3n) is 4.32. The first-order chi connectivity index (χ1) is 8.10. The van der Waals surface area contributed by atoms with E-state index in [1.165, 1.54) is 19.3 Å². The Hall–Kier alpha value is -0.570. The van der Waals surface area contributed by atoms with Gasteiger partial charge in [0, 0.05) is 6.04 Å². The van der Waals surface area contributed by atoms with Gasteiger partial charge in [-0.25, -0.2) is 0 Å². The van der Waals surface area contributed by atoms with Crippen LogP contribution in [0.1, 0.15) is 59.3 Å². The summed E-state index contributed by atoms with van der Waals surface area (Å²) < 4.78 is 0. The van der Waals surface area contributed by atoms with Gasteiger partial charge in [-0.15, -0.1) is 0 Å². The normalized spacial score (nSPS) is 28.5. The fourth-order valence-electron chi connectivity index (χ4n) is 2.68. The Morgan fingerprint density at radius 1 is 1.35 bits per heavy atom.